The molecule has 0 radical (unpaired) electrons. The minimum absolute atomic E-state index is 0.303. The Bertz CT molecular complexity index is 374. The van der Waals surface area contributed by atoms with Crippen LogP contribution in [-0.2, 0) is 11.3 Å². The summed E-state index contributed by atoms with van der Waals surface area (Å²) in [7, 11) is 0. The van der Waals surface area contributed by atoms with Crippen molar-refractivity contribution in [1.29, 1.82) is 0 Å². The summed E-state index contributed by atoms with van der Waals surface area (Å²) in [5.41, 5.74) is 2.18. The molecule has 0 spiro atoms. The van der Waals surface area contributed by atoms with Gasteiger partial charge >= 0.3 is 0 Å². The van der Waals surface area contributed by atoms with Crippen LogP contribution in [0.3, 0.4) is 0 Å². The number of carbonyl (C=O) groups excluding carboxylic acids is 1. The van der Waals surface area contributed by atoms with Crippen molar-refractivity contribution in [3.05, 3.63) is 35.4 Å². The van der Waals surface area contributed by atoms with Crippen LogP contribution >= 0.6 is 0 Å². The van der Waals surface area contributed by atoms with Gasteiger partial charge in [0.2, 0.25) is 0 Å². The van der Waals surface area contributed by atoms with Crippen molar-refractivity contribution in [3.63, 3.8) is 0 Å². The van der Waals surface area contributed by atoms with Crippen LogP contribution in [0.4, 0.5) is 0 Å². The molecule has 0 atom stereocenters. The van der Waals surface area contributed by atoms with Crippen molar-refractivity contribution in [2.45, 2.75) is 19.9 Å². The fraction of sp³-hybridized carbons (Fsp3) is 0.308. The van der Waals surface area contributed by atoms with E-state index in [4.69, 9.17) is 0 Å². The van der Waals surface area contributed by atoms with Gasteiger partial charge in [0, 0.05) is 12.1 Å². The van der Waals surface area contributed by atoms with E-state index in [1.165, 1.54) is 5.56 Å². The summed E-state index contributed by atoms with van der Waals surface area (Å²) < 4.78 is 0. The smallest absolute Gasteiger partial charge is 0.131 e. The molecule has 1 N–H and O–H groups in total. The summed E-state index contributed by atoms with van der Waals surface area (Å²) in [6, 6.07) is 8.04. The van der Waals surface area contributed by atoms with E-state index < -0.39 is 0 Å². The lowest BCUT2D eigenvalue weighted by Gasteiger charge is -2.01. The van der Waals surface area contributed by atoms with Crippen molar-refractivity contribution in [1.82, 2.24) is 5.32 Å². The van der Waals surface area contributed by atoms with Crippen molar-refractivity contribution in [3.8, 4) is 11.8 Å². The van der Waals surface area contributed by atoms with Crippen LogP contribution in [0.2, 0.25) is 0 Å². The van der Waals surface area contributed by atoms with E-state index in [2.05, 4.69) is 30.1 Å². The number of carbonyl (C=O) groups is 1. The average molecular weight is 201 g/mol. The molecule has 1 aromatic rings. The third-order valence-electron chi connectivity index (χ3n) is 1.92. The lowest BCUT2D eigenvalue weighted by molar-refractivity contribution is -0.107. The number of benzene rings is 1. The summed E-state index contributed by atoms with van der Waals surface area (Å²) in [6.45, 7) is 3.90. The molecule has 0 aromatic heterocycles. The highest BCUT2D eigenvalue weighted by molar-refractivity contribution is 5.55. The SMILES string of the molecule is CCNCc1cccc(C#CCC=O)c1. The van der Waals surface area contributed by atoms with Gasteiger partial charge in [0.15, 0.2) is 0 Å². The number of aldehydes is 1. The zero-order chi connectivity index (χ0) is 10.9. The lowest BCUT2D eigenvalue weighted by Crippen LogP contribution is -2.11. The Morgan fingerprint density at radius 1 is 1.47 bits per heavy atom. The van der Waals surface area contributed by atoms with Gasteiger partial charge < -0.3 is 10.1 Å². The molecule has 0 fully saturated rings. The Labute approximate surface area is 90.7 Å². The highest BCUT2D eigenvalue weighted by Gasteiger charge is 1.92. The summed E-state index contributed by atoms with van der Waals surface area (Å²) in [5.74, 6) is 5.75. The molecule has 0 unspecified atom stereocenters. The first-order valence-electron chi connectivity index (χ1n) is 5.09. The van der Waals surface area contributed by atoms with Gasteiger partial charge in [-0.2, -0.15) is 0 Å². The molecule has 0 heterocycles. The maximum Gasteiger partial charge on any atom is 0.131 e. The monoisotopic (exact) mass is 201 g/mol. The van der Waals surface area contributed by atoms with Crippen molar-refractivity contribution in [2.24, 2.45) is 0 Å². The first-order chi connectivity index (χ1) is 7.36. The van der Waals surface area contributed by atoms with Gasteiger partial charge in [-0.1, -0.05) is 30.9 Å². The topological polar surface area (TPSA) is 29.1 Å². The Kier molecular flexibility index (Phi) is 5.21. The molecule has 1 rings (SSSR count). The van der Waals surface area contributed by atoms with Crippen molar-refractivity contribution >= 4 is 6.29 Å². The minimum Gasteiger partial charge on any atom is -0.313 e. The standard InChI is InChI=1S/C13H15NO/c1-2-14-11-13-8-5-7-12(10-13)6-3-4-9-15/h5,7-10,14H,2,4,11H2,1H3. The fourth-order valence-corrected chi connectivity index (χ4v) is 1.22. The second-order valence-electron chi connectivity index (χ2n) is 3.15. The van der Waals surface area contributed by atoms with Gasteiger partial charge in [-0.15, -0.1) is 0 Å². The van der Waals surface area contributed by atoms with Crippen LogP contribution in [0.25, 0.3) is 0 Å². The molecule has 0 saturated heterocycles. The molecular formula is C13H15NO. The van der Waals surface area contributed by atoms with Crippen LogP contribution in [0.5, 0.6) is 0 Å². The van der Waals surface area contributed by atoms with Crippen LogP contribution in [0.1, 0.15) is 24.5 Å². The highest BCUT2D eigenvalue weighted by atomic mass is 16.1. The summed E-state index contributed by atoms with van der Waals surface area (Å²) in [6.07, 6.45) is 1.12. The molecule has 0 amide bonds. The third kappa shape index (κ3) is 4.44. The van der Waals surface area contributed by atoms with E-state index >= 15 is 0 Å². The van der Waals surface area contributed by atoms with Gasteiger partial charge in [0.25, 0.3) is 0 Å². The first-order valence-corrected chi connectivity index (χ1v) is 5.09. The van der Waals surface area contributed by atoms with E-state index in [0.29, 0.717) is 6.42 Å². The zero-order valence-electron chi connectivity index (χ0n) is 8.92. The predicted octanol–water partition coefficient (Wildman–Crippen LogP) is 1.74. The fourth-order valence-electron chi connectivity index (χ4n) is 1.22. The Balaban J connectivity index is 2.66. The Morgan fingerprint density at radius 2 is 2.33 bits per heavy atom. The predicted molar refractivity (Wildman–Crippen MR) is 61.4 cm³/mol. The van der Waals surface area contributed by atoms with E-state index in [9.17, 15) is 4.79 Å². The number of rotatable bonds is 4. The minimum atomic E-state index is 0.303. The molecule has 0 aliphatic carbocycles. The number of nitrogens with one attached hydrogen (secondary N) is 1. The number of hydrogen-bond donors (Lipinski definition) is 1. The Morgan fingerprint density at radius 3 is 3.07 bits per heavy atom. The lowest BCUT2D eigenvalue weighted by atomic mass is 10.1. The molecule has 1 aromatic carbocycles. The molecule has 0 bridgehead atoms. The molecule has 0 aliphatic heterocycles. The molecule has 15 heavy (non-hydrogen) atoms. The third-order valence-corrected chi connectivity index (χ3v) is 1.92. The molecule has 78 valence electrons. The van der Waals surface area contributed by atoms with Crippen LogP contribution in [0, 0.1) is 11.8 Å². The van der Waals surface area contributed by atoms with Crippen LogP contribution < -0.4 is 5.32 Å². The second kappa shape index (κ2) is 6.80. The maximum absolute atomic E-state index is 10.1. The van der Waals surface area contributed by atoms with E-state index in [0.717, 1.165) is 24.9 Å². The van der Waals surface area contributed by atoms with E-state index in [1.54, 1.807) is 0 Å². The zero-order valence-corrected chi connectivity index (χ0v) is 8.92. The van der Waals surface area contributed by atoms with Gasteiger partial charge in [0.1, 0.15) is 6.29 Å². The molecule has 2 nitrogen and oxygen atoms in total. The van der Waals surface area contributed by atoms with Crippen LogP contribution in [0.15, 0.2) is 24.3 Å². The van der Waals surface area contributed by atoms with Crippen LogP contribution in [-0.4, -0.2) is 12.8 Å². The summed E-state index contributed by atoms with van der Waals surface area (Å²) in [4.78, 5) is 10.1. The van der Waals surface area contributed by atoms with Gasteiger partial charge in [-0.3, -0.25) is 0 Å². The summed E-state index contributed by atoms with van der Waals surface area (Å²) >= 11 is 0. The summed E-state index contributed by atoms with van der Waals surface area (Å²) in [5, 5.41) is 3.25. The quantitative estimate of drug-likeness (QED) is 0.594. The Hall–Kier alpha value is -1.59. The molecule has 2 heteroatoms. The normalized spacial score (nSPS) is 9.13. The van der Waals surface area contributed by atoms with E-state index in [1.807, 2.05) is 18.2 Å². The average Bonchev–Trinajstić information content (AvgIpc) is 2.27. The molecule has 0 saturated carbocycles. The second-order valence-corrected chi connectivity index (χ2v) is 3.15. The van der Waals surface area contributed by atoms with Gasteiger partial charge in [-0.25, -0.2) is 0 Å². The maximum atomic E-state index is 10.1. The largest absolute Gasteiger partial charge is 0.313 e. The molecule has 0 aliphatic rings. The van der Waals surface area contributed by atoms with Gasteiger partial charge in [0.05, 0.1) is 6.42 Å². The van der Waals surface area contributed by atoms with Gasteiger partial charge in [-0.05, 0) is 24.2 Å². The van der Waals surface area contributed by atoms with E-state index in [-0.39, 0.29) is 0 Å². The first kappa shape index (κ1) is 11.5. The van der Waals surface area contributed by atoms with Crippen molar-refractivity contribution in [2.75, 3.05) is 6.54 Å². The van der Waals surface area contributed by atoms with Crippen molar-refractivity contribution < 1.29 is 4.79 Å². The number of hydrogen-bond acceptors (Lipinski definition) is 2. The highest BCUT2D eigenvalue weighted by Crippen LogP contribution is 2.03. The molecular weight excluding hydrogens is 186 g/mol.